The van der Waals surface area contributed by atoms with Gasteiger partial charge in [0.2, 0.25) is 0 Å². The third-order valence-electron chi connectivity index (χ3n) is 7.82. The molecular formula is C32H38N4O5. The van der Waals surface area contributed by atoms with Gasteiger partial charge in [0.25, 0.3) is 11.8 Å². The second-order valence-electron chi connectivity index (χ2n) is 10.6. The Kier molecular flexibility index (Phi) is 9.04. The van der Waals surface area contributed by atoms with Crippen molar-refractivity contribution in [1.29, 1.82) is 0 Å². The van der Waals surface area contributed by atoms with Crippen molar-refractivity contribution in [3.05, 3.63) is 83.2 Å². The van der Waals surface area contributed by atoms with Crippen LogP contribution in [0.5, 0.6) is 17.2 Å². The lowest BCUT2D eigenvalue weighted by atomic mass is 9.91. The summed E-state index contributed by atoms with van der Waals surface area (Å²) >= 11 is 0. The maximum Gasteiger partial charge on any atom is 0.272 e. The number of carbonyl (C=O) groups excluding carboxylic acids is 2. The fourth-order valence-electron chi connectivity index (χ4n) is 5.02. The molecule has 9 nitrogen and oxygen atoms in total. The minimum Gasteiger partial charge on any atom is -0.493 e. The number of benzene rings is 2. The van der Waals surface area contributed by atoms with Gasteiger partial charge in [0, 0.05) is 57.4 Å². The lowest BCUT2D eigenvalue weighted by Gasteiger charge is -2.39. The number of ether oxygens (including phenoxy) is 3. The molecule has 0 unspecified atom stereocenters. The van der Waals surface area contributed by atoms with Gasteiger partial charge in [0.05, 0.1) is 7.11 Å². The first-order chi connectivity index (χ1) is 19.9. The Morgan fingerprint density at radius 2 is 1.61 bits per heavy atom. The van der Waals surface area contributed by atoms with Crippen LogP contribution in [0.4, 0.5) is 0 Å². The average molecular weight is 559 g/mol. The zero-order chi connectivity index (χ0) is 28.8. The molecule has 2 saturated heterocycles. The van der Waals surface area contributed by atoms with Gasteiger partial charge in [-0.1, -0.05) is 37.3 Å². The molecule has 41 heavy (non-hydrogen) atoms. The van der Waals surface area contributed by atoms with Gasteiger partial charge in [-0.2, -0.15) is 0 Å². The fraction of sp³-hybridized carbons (Fsp3) is 0.406. The smallest absolute Gasteiger partial charge is 0.272 e. The quantitative estimate of drug-likeness (QED) is 0.376. The minimum absolute atomic E-state index is 0.0501. The van der Waals surface area contributed by atoms with E-state index in [9.17, 15) is 9.59 Å². The van der Waals surface area contributed by atoms with E-state index >= 15 is 0 Å². The number of likely N-dealkylation sites (N-methyl/N-ethyl adjacent to an activating group) is 1. The van der Waals surface area contributed by atoms with Crippen molar-refractivity contribution in [2.75, 3.05) is 60.0 Å². The number of amides is 2. The molecule has 2 aromatic carbocycles. The van der Waals surface area contributed by atoms with E-state index in [0.29, 0.717) is 55.7 Å². The van der Waals surface area contributed by atoms with E-state index in [4.69, 9.17) is 14.2 Å². The summed E-state index contributed by atoms with van der Waals surface area (Å²) in [5, 5.41) is 0. The Labute approximate surface area is 241 Å². The number of nitrogens with zero attached hydrogens (tertiary/aromatic N) is 4. The molecule has 2 amide bonds. The van der Waals surface area contributed by atoms with Crippen molar-refractivity contribution in [2.45, 2.75) is 25.9 Å². The van der Waals surface area contributed by atoms with Crippen LogP contribution in [0.2, 0.25) is 0 Å². The largest absolute Gasteiger partial charge is 0.493 e. The van der Waals surface area contributed by atoms with E-state index in [2.05, 4.69) is 41.1 Å². The van der Waals surface area contributed by atoms with E-state index in [1.165, 1.54) is 5.56 Å². The van der Waals surface area contributed by atoms with Crippen LogP contribution in [0.1, 0.15) is 40.0 Å². The Hall–Kier alpha value is -4.11. The number of methoxy groups -OCH3 is 1. The number of piperazine rings is 1. The third kappa shape index (κ3) is 6.97. The molecule has 5 rings (SSSR count). The first kappa shape index (κ1) is 28.4. The highest BCUT2D eigenvalue weighted by Gasteiger charge is 2.33. The van der Waals surface area contributed by atoms with Crippen molar-refractivity contribution in [3.8, 4) is 17.2 Å². The van der Waals surface area contributed by atoms with Gasteiger partial charge in [0.15, 0.2) is 18.1 Å². The lowest BCUT2D eigenvalue weighted by Crippen LogP contribution is -2.48. The number of rotatable bonds is 10. The highest BCUT2D eigenvalue weighted by atomic mass is 16.5. The predicted octanol–water partition coefficient (Wildman–Crippen LogP) is 3.62. The van der Waals surface area contributed by atoms with Crippen LogP contribution < -0.4 is 14.2 Å². The van der Waals surface area contributed by atoms with Crippen LogP contribution in [-0.4, -0.2) is 91.5 Å². The number of hydrogen-bond acceptors (Lipinski definition) is 7. The molecule has 0 saturated carbocycles. The summed E-state index contributed by atoms with van der Waals surface area (Å²) in [7, 11) is 3.68. The number of hydrogen-bond donors (Lipinski definition) is 0. The molecule has 0 spiro atoms. The van der Waals surface area contributed by atoms with Crippen LogP contribution in [0.25, 0.3) is 0 Å². The molecule has 0 radical (unpaired) electrons. The van der Waals surface area contributed by atoms with Crippen LogP contribution in [0, 0.1) is 0 Å². The maximum atomic E-state index is 13.1. The SMILES string of the molecule is CCc1ccc(COc2ccc(C3CN(C(=O)c4cc(OCC(=O)N5CCN(C)CC5)ccn4)C3)cc2OC)cc1. The van der Waals surface area contributed by atoms with Gasteiger partial charge in [0.1, 0.15) is 18.1 Å². The van der Waals surface area contributed by atoms with Crippen molar-refractivity contribution in [1.82, 2.24) is 19.7 Å². The van der Waals surface area contributed by atoms with Gasteiger partial charge < -0.3 is 28.9 Å². The van der Waals surface area contributed by atoms with Crippen molar-refractivity contribution in [3.63, 3.8) is 0 Å². The van der Waals surface area contributed by atoms with E-state index < -0.39 is 0 Å². The molecule has 0 atom stereocenters. The molecule has 2 aliphatic heterocycles. The highest BCUT2D eigenvalue weighted by Crippen LogP contribution is 2.35. The molecule has 9 heteroatoms. The molecule has 0 bridgehead atoms. The predicted molar refractivity (Wildman–Crippen MR) is 156 cm³/mol. The summed E-state index contributed by atoms with van der Waals surface area (Å²) in [5.74, 6) is 1.82. The Bertz CT molecular complexity index is 1350. The molecule has 1 aromatic heterocycles. The van der Waals surface area contributed by atoms with Gasteiger partial charge in [-0.15, -0.1) is 0 Å². The van der Waals surface area contributed by atoms with Gasteiger partial charge in [-0.3, -0.25) is 14.6 Å². The van der Waals surface area contributed by atoms with E-state index in [0.717, 1.165) is 30.6 Å². The summed E-state index contributed by atoms with van der Waals surface area (Å²) in [4.78, 5) is 35.6. The number of likely N-dealkylation sites (tertiary alicyclic amines) is 1. The first-order valence-electron chi connectivity index (χ1n) is 14.2. The second kappa shape index (κ2) is 13.0. The fourth-order valence-corrected chi connectivity index (χ4v) is 5.02. The van der Waals surface area contributed by atoms with Crippen LogP contribution in [0.3, 0.4) is 0 Å². The highest BCUT2D eigenvalue weighted by molar-refractivity contribution is 5.93. The monoisotopic (exact) mass is 558 g/mol. The van der Waals surface area contributed by atoms with Gasteiger partial charge in [-0.05, 0) is 48.4 Å². The second-order valence-corrected chi connectivity index (χ2v) is 10.6. The molecule has 2 aliphatic rings. The van der Waals surface area contributed by atoms with Crippen molar-refractivity contribution < 1.29 is 23.8 Å². The van der Waals surface area contributed by atoms with E-state index in [1.807, 2.05) is 30.1 Å². The normalized spacial score (nSPS) is 15.8. The van der Waals surface area contributed by atoms with Crippen molar-refractivity contribution in [2.24, 2.45) is 0 Å². The topological polar surface area (TPSA) is 84.4 Å². The third-order valence-corrected chi connectivity index (χ3v) is 7.82. The summed E-state index contributed by atoms with van der Waals surface area (Å²) in [6.45, 7) is 6.82. The number of aryl methyl sites for hydroxylation is 1. The van der Waals surface area contributed by atoms with Crippen LogP contribution in [-0.2, 0) is 17.8 Å². The summed E-state index contributed by atoms with van der Waals surface area (Å²) in [6, 6.07) is 17.7. The zero-order valence-electron chi connectivity index (χ0n) is 24.0. The molecule has 3 aromatic rings. The lowest BCUT2D eigenvalue weighted by molar-refractivity contribution is -0.134. The van der Waals surface area contributed by atoms with E-state index in [1.54, 1.807) is 30.3 Å². The maximum absolute atomic E-state index is 13.1. The Morgan fingerprint density at radius 3 is 2.32 bits per heavy atom. The van der Waals surface area contributed by atoms with Crippen LogP contribution >= 0.6 is 0 Å². The average Bonchev–Trinajstić information content (AvgIpc) is 2.99. The molecule has 0 N–H and O–H groups in total. The number of aromatic nitrogens is 1. The first-order valence-corrected chi connectivity index (χ1v) is 14.2. The summed E-state index contributed by atoms with van der Waals surface area (Å²) in [5.41, 5.74) is 3.80. The van der Waals surface area contributed by atoms with Crippen LogP contribution in [0.15, 0.2) is 60.8 Å². The molecule has 0 aliphatic carbocycles. The molecular weight excluding hydrogens is 520 g/mol. The van der Waals surface area contributed by atoms with E-state index in [-0.39, 0.29) is 24.3 Å². The Morgan fingerprint density at radius 1 is 0.878 bits per heavy atom. The van der Waals surface area contributed by atoms with Crippen molar-refractivity contribution >= 4 is 11.8 Å². The number of pyridine rings is 1. The van der Waals surface area contributed by atoms with Gasteiger partial charge in [-0.25, -0.2) is 0 Å². The minimum atomic E-state index is -0.155. The molecule has 2 fully saturated rings. The molecule has 3 heterocycles. The summed E-state index contributed by atoms with van der Waals surface area (Å²) in [6.07, 6.45) is 2.55. The Balaban J connectivity index is 1.12. The van der Waals surface area contributed by atoms with Gasteiger partial charge >= 0.3 is 0 Å². The number of carbonyl (C=O) groups is 2. The summed E-state index contributed by atoms with van der Waals surface area (Å²) < 4.78 is 17.4. The standard InChI is InChI=1S/C32H38N4O5/c1-4-23-5-7-24(8-6-23)21-41-29-10-9-25(17-30(29)39-3)26-19-36(20-26)32(38)28-18-27(11-12-33-28)40-22-31(37)35-15-13-34(2)14-16-35/h5-12,17-18,26H,4,13-16,19-22H2,1-3H3. The zero-order valence-corrected chi connectivity index (χ0v) is 24.0. The molecule has 216 valence electrons.